The minimum Gasteiger partial charge on any atom is -0.271 e. The van der Waals surface area contributed by atoms with E-state index in [0.717, 1.165) is 24.8 Å². The van der Waals surface area contributed by atoms with Gasteiger partial charge in [0.15, 0.2) is 0 Å². The zero-order valence-electron chi connectivity index (χ0n) is 15.6. The molecule has 138 valence electrons. The Morgan fingerprint density at radius 2 is 2.08 bits per heavy atom. The SMILES string of the molecule is CC(C)=CCC[C@H](C)C/C=N\NC(=O)Cn1nnc(-c2ccccc2)n1. The first-order valence-corrected chi connectivity index (χ1v) is 8.81. The number of hydrogen-bond acceptors (Lipinski definition) is 5. The maximum absolute atomic E-state index is 11.9. The number of nitrogens with one attached hydrogen (secondary N) is 1. The summed E-state index contributed by atoms with van der Waals surface area (Å²) in [4.78, 5) is 13.1. The van der Waals surface area contributed by atoms with E-state index in [-0.39, 0.29) is 12.5 Å². The zero-order valence-corrected chi connectivity index (χ0v) is 15.6. The molecule has 2 aromatic rings. The Morgan fingerprint density at radius 1 is 1.31 bits per heavy atom. The van der Waals surface area contributed by atoms with Crippen molar-refractivity contribution in [3.05, 3.63) is 42.0 Å². The first kappa shape index (κ1) is 19.5. The number of carbonyl (C=O) groups excluding carboxylic acids is 1. The van der Waals surface area contributed by atoms with Crippen LogP contribution in [0.2, 0.25) is 0 Å². The third-order valence-electron chi connectivity index (χ3n) is 3.77. The molecule has 26 heavy (non-hydrogen) atoms. The number of carbonyl (C=O) groups is 1. The molecule has 0 fully saturated rings. The molecule has 0 radical (unpaired) electrons. The minimum atomic E-state index is -0.282. The summed E-state index contributed by atoms with van der Waals surface area (Å²) in [6.45, 7) is 6.37. The standard InChI is InChI=1S/C19H26N6O/c1-15(2)8-7-9-16(3)12-13-20-21-18(26)14-25-23-19(22-24-25)17-10-5-4-6-11-17/h4-6,8,10-11,13,16H,7,9,12,14H2,1-3H3,(H,21,26)/b20-13-/t16-/m0/s1. The lowest BCUT2D eigenvalue weighted by molar-refractivity contribution is -0.122. The quantitative estimate of drug-likeness (QED) is 0.426. The summed E-state index contributed by atoms with van der Waals surface area (Å²) in [6, 6.07) is 9.51. The second-order valence-corrected chi connectivity index (χ2v) is 6.56. The molecular formula is C19H26N6O. The molecule has 1 N–H and O–H groups in total. The number of amides is 1. The van der Waals surface area contributed by atoms with Crippen LogP contribution in [0.5, 0.6) is 0 Å². The molecule has 0 bridgehead atoms. The molecule has 1 aromatic carbocycles. The largest absolute Gasteiger partial charge is 0.271 e. The zero-order chi connectivity index (χ0) is 18.8. The van der Waals surface area contributed by atoms with Crippen molar-refractivity contribution in [2.24, 2.45) is 11.0 Å². The van der Waals surface area contributed by atoms with Gasteiger partial charge in [-0.25, -0.2) is 5.43 Å². The summed E-state index contributed by atoms with van der Waals surface area (Å²) in [5.74, 6) is 0.735. The molecule has 1 atom stereocenters. The summed E-state index contributed by atoms with van der Waals surface area (Å²) >= 11 is 0. The summed E-state index contributed by atoms with van der Waals surface area (Å²) in [5, 5.41) is 16.0. The predicted molar refractivity (Wildman–Crippen MR) is 102 cm³/mol. The van der Waals surface area contributed by atoms with Gasteiger partial charge in [0, 0.05) is 11.8 Å². The van der Waals surface area contributed by atoms with Crippen molar-refractivity contribution < 1.29 is 4.79 Å². The van der Waals surface area contributed by atoms with E-state index in [1.807, 2.05) is 30.3 Å². The van der Waals surface area contributed by atoms with Gasteiger partial charge in [0.1, 0.15) is 6.54 Å². The van der Waals surface area contributed by atoms with Crippen LogP contribution in [0.1, 0.15) is 40.0 Å². The summed E-state index contributed by atoms with van der Waals surface area (Å²) < 4.78 is 0. The molecule has 0 unspecified atom stereocenters. The van der Waals surface area contributed by atoms with E-state index in [4.69, 9.17) is 0 Å². The lowest BCUT2D eigenvalue weighted by Gasteiger charge is -2.05. The van der Waals surface area contributed by atoms with E-state index in [1.54, 1.807) is 6.21 Å². The first-order chi connectivity index (χ1) is 12.5. The number of nitrogens with zero attached hydrogens (tertiary/aromatic N) is 5. The summed E-state index contributed by atoms with van der Waals surface area (Å²) in [7, 11) is 0. The van der Waals surface area contributed by atoms with Gasteiger partial charge in [-0.2, -0.15) is 9.90 Å². The molecule has 1 aromatic heterocycles. The summed E-state index contributed by atoms with van der Waals surface area (Å²) in [5.41, 5.74) is 4.70. The maximum atomic E-state index is 11.9. The molecule has 0 saturated carbocycles. The normalized spacial score (nSPS) is 12.1. The second kappa shape index (κ2) is 10.2. The smallest absolute Gasteiger partial charge is 0.263 e. The fourth-order valence-electron chi connectivity index (χ4n) is 2.30. The van der Waals surface area contributed by atoms with Crippen LogP contribution in [-0.2, 0) is 11.3 Å². The molecule has 7 heteroatoms. The molecule has 0 spiro atoms. The van der Waals surface area contributed by atoms with Gasteiger partial charge in [-0.05, 0) is 44.2 Å². The molecule has 2 rings (SSSR count). The third-order valence-corrected chi connectivity index (χ3v) is 3.77. The molecule has 7 nitrogen and oxygen atoms in total. The predicted octanol–water partition coefficient (Wildman–Crippen LogP) is 3.21. The number of benzene rings is 1. The van der Waals surface area contributed by atoms with Crippen molar-refractivity contribution in [1.82, 2.24) is 25.6 Å². The van der Waals surface area contributed by atoms with E-state index >= 15 is 0 Å². The second-order valence-electron chi connectivity index (χ2n) is 6.56. The van der Waals surface area contributed by atoms with Crippen LogP contribution in [0.3, 0.4) is 0 Å². The third kappa shape index (κ3) is 6.96. The van der Waals surface area contributed by atoms with Crippen molar-refractivity contribution in [2.45, 2.75) is 46.6 Å². The number of allylic oxidation sites excluding steroid dienone is 2. The van der Waals surface area contributed by atoms with Crippen molar-refractivity contribution in [1.29, 1.82) is 0 Å². The molecule has 0 aliphatic rings. The Hall–Kier alpha value is -2.83. The van der Waals surface area contributed by atoms with Gasteiger partial charge in [0.05, 0.1) is 0 Å². The lowest BCUT2D eigenvalue weighted by Crippen LogP contribution is -2.24. The Balaban J connectivity index is 1.72. The molecule has 0 saturated heterocycles. The van der Waals surface area contributed by atoms with Gasteiger partial charge in [-0.15, -0.1) is 10.2 Å². The van der Waals surface area contributed by atoms with Gasteiger partial charge in [-0.1, -0.05) is 48.9 Å². The Bertz CT molecular complexity index is 746. The van der Waals surface area contributed by atoms with Crippen LogP contribution in [0.4, 0.5) is 0 Å². The number of hydrogen-bond donors (Lipinski definition) is 1. The number of aromatic nitrogens is 4. The lowest BCUT2D eigenvalue weighted by atomic mass is 10.0. The van der Waals surface area contributed by atoms with Crippen LogP contribution in [0.15, 0.2) is 47.1 Å². The molecule has 1 amide bonds. The average Bonchev–Trinajstić information content (AvgIpc) is 3.07. The highest BCUT2D eigenvalue weighted by Crippen LogP contribution is 2.12. The number of rotatable bonds is 9. The van der Waals surface area contributed by atoms with E-state index in [2.05, 4.69) is 52.8 Å². The van der Waals surface area contributed by atoms with Crippen molar-refractivity contribution >= 4 is 12.1 Å². The first-order valence-electron chi connectivity index (χ1n) is 8.81. The van der Waals surface area contributed by atoms with Gasteiger partial charge >= 0.3 is 0 Å². The van der Waals surface area contributed by atoms with Crippen LogP contribution >= 0.6 is 0 Å². The minimum absolute atomic E-state index is 0.0205. The average molecular weight is 354 g/mol. The van der Waals surface area contributed by atoms with Crippen LogP contribution < -0.4 is 5.43 Å². The molecular weight excluding hydrogens is 328 g/mol. The van der Waals surface area contributed by atoms with E-state index in [1.165, 1.54) is 10.4 Å². The fourth-order valence-corrected chi connectivity index (χ4v) is 2.30. The van der Waals surface area contributed by atoms with Crippen LogP contribution in [-0.4, -0.2) is 32.3 Å². The number of hydrazone groups is 1. The van der Waals surface area contributed by atoms with Gasteiger partial charge < -0.3 is 0 Å². The Morgan fingerprint density at radius 3 is 2.81 bits per heavy atom. The Kier molecular flexibility index (Phi) is 7.67. The van der Waals surface area contributed by atoms with Crippen LogP contribution in [0, 0.1) is 5.92 Å². The molecule has 0 aliphatic carbocycles. The fraction of sp³-hybridized carbons (Fsp3) is 0.421. The Labute approximate surface area is 154 Å². The molecule has 0 aliphatic heterocycles. The highest BCUT2D eigenvalue weighted by molar-refractivity contribution is 5.76. The summed E-state index contributed by atoms with van der Waals surface area (Å²) in [6.07, 6.45) is 7.00. The van der Waals surface area contributed by atoms with E-state index in [0.29, 0.717) is 11.7 Å². The molecule has 1 heterocycles. The van der Waals surface area contributed by atoms with Gasteiger partial charge in [0.25, 0.3) is 5.91 Å². The van der Waals surface area contributed by atoms with Gasteiger partial charge in [-0.3, -0.25) is 4.79 Å². The monoisotopic (exact) mass is 354 g/mol. The topological polar surface area (TPSA) is 85.1 Å². The number of tetrazole rings is 1. The maximum Gasteiger partial charge on any atom is 0.263 e. The highest BCUT2D eigenvalue weighted by atomic mass is 16.2. The highest BCUT2D eigenvalue weighted by Gasteiger charge is 2.08. The van der Waals surface area contributed by atoms with Crippen molar-refractivity contribution in [3.8, 4) is 11.4 Å². The van der Waals surface area contributed by atoms with Crippen molar-refractivity contribution in [3.63, 3.8) is 0 Å². The van der Waals surface area contributed by atoms with E-state index < -0.39 is 0 Å². The van der Waals surface area contributed by atoms with Crippen molar-refractivity contribution in [2.75, 3.05) is 0 Å². The van der Waals surface area contributed by atoms with Gasteiger partial charge in [0.2, 0.25) is 5.82 Å². The van der Waals surface area contributed by atoms with Crippen LogP contribution in [0.25, 0.3) is 11.4 Å². The van der Waals surface area contributed by atoms with E-state index in [9.17, 15) is 4.79 Å².